The molecule has 1 saturated heterocycles. The van der Waals surface area contributed by atoms with E-state index in [2.05, 4.69) is 19.6 Å². The molecular weight excluding hydrogens is 198 g/mol. The Hall–Kier alpha value is -0.880. The van der Waals surface area contributed by atoms with Crippen molar-refractivity contribution >= 4 is 22.6 Å². The largest absolute Gasteiger partial charge is 0.367 e. The number of hydrogen-bond donors (Lipinski definition) is 2. The summed E-state index contributed by atoms with van der Waals surface area (Å²) >= 11 is 1.32. The van der Waals surface area contributed by atoms with Crippen molar-refractivity contribution in [1.29, 1.82) is 0 Å². The van der Waals surface area contributed by atoms with Crippen LogP contribution in [0.15, 0.2) is 0 Å². The van der Waals surface area contributed by atoms with Gasteiger partial charge in [-0.25, -0.2) is 0 Å². The first kappa shape index (κ1) is 9.67. The van der Waals surface area contributed by atoms with Gasteiger partial charge in [-0.1, -0.05) is 0 Å². The van der Waals surface area contributed by atoms with Gasteiger partial charge in [0.1, 0.15) is 0 Å². The van der Waals surface area contributed by atoms with Crippen molar-refractivity contribution in [2.75, 3.05) is 37.2 Å². The SMILES string of the molecule is Nc1nsc(NCCN2CCCC2)n1. The molecule has 6 heteroatoms. The topological polar surface area (TPSA) is 67.1 Å². The summed E-state index contributed by atoms with van der Waals surface area (Å²) in [6, 6.07) is 0. The molecule has 0 aromatic carbocycles. The maximum Gasteiger partial charge on any atom is 0.233 e. The standard InChI is InChI=1S/C8H15N5S/c9-7-11-8(14-12-7)10-3-6-13-4-1-2-5-13/h1-6H2,(H3,9,10,11,12). The molecule has 1 aromatic rings. The van der Waals surface area contributed by atoms with Gasteiger partial charge in [-0.3, -0.25) is 0 Å². The smallest absolute Gasteiger partial charge is 0.233 e. The minimum atomic E-state index is 0.360. The van der Waals surface area contributed by atoms with Crippen molar-refractivity contribution < 1.29 is 0 Å². The highest BCUT2D eigenvalue weighted by Gasteiger charge is 2.10. The van der Waals surface area contributed by atoms with E-state index in [-0.39, 0.29) is 0 Å². The van der Waals surface area contributed by atoms with Gasteiger partial charge in [-0.05, 0) is 25.9 Å². The van der Waals surface area contributed by atoms with E-state index in [1.165, 1.54) is 37.5 Å². The Kier molecular flexibility index (Phi) is 3.15. The van der Waals surface area contributed by atoms with E-state index < -0.39 is 0 Å². The number of nitrogens with two attached hydrogens (primary N) is 1. The highest BCUT2D eigenvalue weighted by atomic mass is 32.1. The normalized spacial score (nSPS) is 17.4. The molecule has 0 amide bonds. The predicted octanol–water partition coefficient (Wildman–Crippen LogP) is 0.628. The van der Waals surface area contributed by atoms with E-state index in [4.69, 9.17) is 5.73 Å². The van der Waals surface area contributed by atoms with Crippen LogP contribution >= 0.6 is 11.5 Å². The average molecular weight is 213 g/mol. The molecule has 0 spiro atoms. The summed E-state index contributed by atoms with van der Waals surface area (Å²) in [7, 11) is 0. The third-order valence-electron chi connectivity index (χ3n) is 2.34. The lowest BCUT2D eigenvalue weighted by molar-refractivity contribution is 0.352. The zero-order valence-corrected chi connectivity index (χ0v) is 8.89. The second-order valence-corrected chi connectivity index (χ2v) is 4.19. The number of hydrogen-bond acceptors (Lipinski definition) is 6. The maximum atomic E-state index is 5.41. The number of aromatic nitrogens is 2. The molecule has 78 valence electrons. The molecule has 3 N–H and O–H groups in total. The molecule has 2 heterocycles. The van der Waals surface area contributed by atoms with Crippen LogP contribution in [0, 0.1) is 0 Å². The van der Waals surface area contributed by atoms with E-state index in [0.29, 0.717) is 5.95 Å². The van der Waals surface area contributed by atoms with Crippen molar-refractivity contribution in [3.63, 3.8) is 0 Å². The fourth-order valence-corrected chi connectivity index (χ4v) is 2.16. The number of nitrogens with zero attached hydrogens (tertiary/aromatic N) is 3. The van der Waals surface area contributed by atoms with Gasteiger partial charge in [0.25, 0.3) is 0 Å². The van der Waals surface area contributed by atoms with Gasteiger partial charge < -0.3 is 16.0 Å². The third-order valence-corrected chi connectivity index (χ3v) is 3.03. The van der Waals surface area contributed by atoms with Gasteiger partial charge in [-0.2, -0.15) is 9.36 Å². The van der Waals surface area contributed by atoms with Crippen LogP contribution in [0.4, 0.5) is 11.1 Å². The van der Waals surface area contributed by atoms with Crippen LogP contribution in [0.1, 0.15) is 12.8 Å². The van der Waals surface area contributed by atoms with E-state index in [9.17, 15) is 0 Å². The van der Waals surface area contributed by atoms with Gasteiger partial charge in [0.05, 0.1) is 0 Å². The number of nitrogen functional groups attached to an aromatic ring is 1. The van der Waals surface area contributed by atoms with Crippen molar-refractivity contribution in [1.82, 2.24) is 14.3 Å². The van der Waals surface area contributed by atoms with Crippen LogP contribution in [-0.4, -0.2) is 40.4 Å². The molecule has 0 unspecified atom stereocenters. The molecule has 1 aliphatic rings. The predicted molar refractivity (Wildman–Crippen MR) is 58.5 cm³/mol. The van der Waals surface area contributed by atoms with E-state index in [1.807, 2.05) is 0 Å². The van der Waals surface area contributed by atoms with E-state index >= 15 is 0 Å². The van der Waals surface area contributed by atoms with Crippen molar-refractivity contribution in [3.05, 3.63) is 0 Å². The Balaban J connectivity index is 1.67. The summed E-state index contributed by atoms with van der Waals surface area (Å²) in [6.07, 6.45) is 2.68. The highest BCUT2D eigenvalue weighted by molar-refractivity contribution is 7.09. The monoisotopic (exact) mass is 213 g/mol. The Morgan fingerprint density at radius 3 is 2.86 bits per heavy atom. The summed E-state index contributed by atoms with van der Waals surface area (Å²) in [4.78, 5) is 6.49. The maximum absolute atomic E-state index is 5.41. The van der Waals surface area contributed by atoms with Gasteiger partial charge >= 0.3 is 0 Å². The molecule has 0 bridgehead atoms. The molecule has 0 saturated carbocycles. The lowest BCUT2D eigenvalue weighted by Crippen LogP contribution is -2.25. The van der Waals surface area contributed by atoms with Gasteiger partial charge in [-0.15, -0.1) is 0 Å². The lowest BCUT2D eigenvalue weighted by Gasteiger charge is -2.13. The van der Waals surface area contributed by atoms with Crippen LogP contribution < -0.4 is 11.1 Å². The molecule has 1 fully saturated rings. The summed E-state index contributed by atoms with van der Waals surface area (Å²) in [5.74, 6) is 0.360. The molecule has 0 atom stereocenters. The van der Waals surface area contributed by atoms with Gasteiger partial charge in [0, 0.05) is 24.6 Å². The summed E-state index contributed by atoms with van der Waals surface area (Å²) in [6.45, 7) is 4.48. The Bertz CT molecular complexity index is 281. The van der Waals surface area contributed by atoms with E-state index in [1.54, 1.807) is 0 Å². The van der Waals surface area contributed by atoms with Crippen LogP contribution in [0.3, 0.4) is 0 Å². The second kappa shape index (κ2) is 4.56. The Morgan fingerprint density at radius 2 is 2.21 bits per heavy atom. The zero-order chi connectivity index (χ0) is 9.80. The minimum Gasteiger partial charge on any atom is -0.367 e. The van der Waals surface area contributed by atoms with Crippen molar-refractivity contribution in [2.45, 2.75) is 12.8 Å². The third kappa shape index (κ3) is 2.55. The molecule has 1 aliphatic heterocycles. The van der Waals surface area contributed by atoms with Gasteiger partial charge in [0.15, 0.2) is 0 Å². The minimum absolute atomic E-state index is 0.360. The lowest BCUT2D eigenvalue weighted by atomic mass is 10.4. The quantitative estimate of drug-likeness (QED) is 0.768. The molecule has 0 radical (unpaired) electrons. The van der Waals surface area contributed by atoms with Crippen LogP contribution in [0.5, 0.6) is 0 Å². The number of anilines is 2. The molecule has 14 heavy (non-hydrogen) atoms. The van der Waals surface area contributed by atoms with Crippen LogP contribution in [-0.2, 0) is 0 Å². The average Bonchev–Trinajstić information content (AvgIpc) is 2.77. The Labute approximate surface area is 87.5 Å². The Morgan fingerprint density at radius 1 is 1.43 bits per heavy atom. The van der Waals surface area contributed by atoms with Gasteiger partial charge in [0.2, 0.25) is 11.1 Å². The number of likely N-dealkylation sites (tertiary alicyclic amines) is 1. The first-order valence-corrected chi connectivity index (χ1v) is 5.67. The van der Waals surface area contributed by atoms with Crippen molar-refractivity contribution in [3.8, 4) is 0 Å². The molecule has 2 rings (SSSR count). The van der Waals surface area contributed by atoms with Crippen LogP contribution in [0.25, 0.3) is 0 Å². The fraction of sp³-hybridized carbons (Fsp3) is 0.750. The molecular formula is C8H15N5S. The number of nitrogens with one attached hydrogen (secondary N) is 1. The highest BCUT2D eigenvalue weighted by Crippen LogP contribution is 2.11. The summed E-state index contributed by atoms with van der Waals surface area (Å²) in [5.41, 5.74) is 5.41. The first-order chi connectivity index (χ1) is 6.84. The zero-order valence-electron chi connectivity index (χ0n) is 8.07. The molecule has 0 aliphatic carbocycles. The molecule has 5 nitrogen and oxygen atoms in total. The summed E-state index contributed by atoms with van der Waals surface area (Å²) < 4.78 is 3.90. The fourth-order valence-electron chi connectivity index (χ4n) is 1.63. The molecule has 1 aromatic heterocycles. The number of rotatable bonds is 4. The van der Waals surface area contributed by atoms with E-state index in [0.717, 1.165) is 18.2 Å². The second-order valence-electron chi connectivity index (χ2n) is 3.43. The first-order valence-electron chi connectivity index (χ1n) is 4.90. The summed E-state index contributed by atoms with van der Waals surface area (Å²) in [5, 5.41) is 4.04. The van der Waals surface area contributed by atoms with Crippen LogP contribution in [0.2, 0.25) is 0 Å². The van der Waals surface area contributed by atoms with Crippen molar-refractivity contribution in [2.24, 2.45) is 0 Å².